The zero-order chi connectivity index (χ0) is 19.8. The third-order valence-electron chi connectivity index (χ3n) is 3.71. The molecule has 0 radical (unpaired) electrons. The molecule has 0 saturated carbocycles. The summed E-state index contributed by atoms with van der Waals surface area (Å²) in [6.45, 7) is 15.0. The molecule has 0 saturated heterocycles. The standard InChI is InChI=1S/C19H33IO4Si/c1-13(11-17(23-5)19(21)22)9-15(3)18(24-25(6,7)8)16(4)10-14(2)12-20/h9,11-12,15-16,18H,10H2,1-8H3,(H,21,22)/b13-9+,14-12+,17-11-/t15-,16+,18-/m1/s1. The predicted molar refractivity (Wildman–Crippen MR) is 115 cm³/mol. The molecule has 0 aromatic heterocycles. The molecule has 0 aliphatic rings. The fourth-order valence-corrected chi connectivity index (χ4v) is 4.31. The first kappa shape index (κ1) is 24.4. The van der Waals surface area contributed by atoms with E-state index in [2.05, 4.69) is 73.2 Å². The van der Waals surface area contributed by atoms with Crippen molar-refractivity contribution in [1.29, 1.82) is 0 Å². The number of halogens is 1. The molecule has 0 unspecified atom stereocenters. The van der Waals surface area contributed by atoms with E-state index >= 15 is 0 Å². The van der Waals surface area contributed by atoms with Gasteiger partial charge in [-0.25, -0.2) is 4.79 Å². The van der Waals surface area contributed by atoms with Gasteiger partial charge in [0.05, 0.1) is 13.2 Å². The quantitative estimate of drug-likeness (QED) is 0.142. The van der Waals surface area contributed by atoms with Gasteiger partial charge in [-0.3, -0.25) is 0 Å². The van der Waals surface area contributed by atoms with Gasteiger partial charge in [0.15, 0.2) is 8.32 Å². The fourth-order valence-electron chi connectivity index (χ4n) is 2.79. The molecule has 0 aromatic carbocycles. The van der Waals surface area contributed by atoms with E-state index < -0.39 is 14.3 Å². The molecule has 0 fully saturated rings. The van der Waals surface area contributed by atoms with Crippen molar-refractivity contribution >= 4 is 36.9 Å². The highest BCUT2D eigenvalue weighted by Crippen LogP contribution is 2.28. The first-order valence-electron chi connectivity index (χ1n) is 8.52. The Morgan fingerprint density at radius 3 is 2.20 bits per heavy atom. The lowest BCUT2D eigenvalue weighted by molar-refractivity contribution is -0.136. The van der Waals surface area contributed by atoms with Gasteiger partial charge in [-0.05, 0) is 61.9 Å². The summed E-state index contributed by atoms with van der Waals surface area (Å²) in [5.74, 6) is -0.566. The van der Waals surface area contributed by atoms with E-state index in [9.17, 15) is 4.79 Å². The maximum Gasteiger partial charge on any atom is 0.371 e. The zero-order valence-corrected chi connectivity index (χ0v) is 19.9. The molecule has 0 aromatic rings. The van der Waals surface area contributed by atoms with Crippen molar-refractivity contribution in [2.24, 2.45) is 11.8 Å². The predicted octanol–water partition coefficient (Wildman–Crippen LogP) is 5.77. The molecule has 0 spiro atoms. The number of carboxylic acid groups (broad SMARTS) is 1. The van der Waals surface area contributed by atoms with E-state index in [-0.39, 0.29) is 17.8 Å². The number of ether oxygens (including phenoxy) is 1. The Kier molecular flexibility index (Phi) is 10.9. The Morgan fingerprint density at radius 1 is 1.24 bits per heavy atom. The second-order valence-corrected chi connectivity index (χ2v) is 12.7. The smallest absolute Gasteiger partial charge is 0.371 e. The summed E-state index contributed by atoms with van der Waals surface area (Å²) in [5, 5.41) is 9.09. The Hall–Kier alpha value is -0.603. The van der Waals surface area contributed by atoms with Crippen molar-refractivity contribution < 1.29 is 19.1 Å². The van der Waals surface area contributed by atoms with Crippen LogP contribution in [-0.4, -0.2) is 32.6 Å². The summed E-state index contributed by atoms with van der Waals surface area (Å²) >= 11 is 2.28. The molecule has 0 rings (SSSR count). The third kappa shape index (κ3) is 10.2. The maximum absolute atomic E-state index is 11.1. The monoisotopic (exact) mass is 480 g/mol. The second kappa shape index (κ2) is 11.2. The van der Waals surface area contributed by atoms with Gasteiger partial charge in [0.2, 0.25) is 5.76 Å². The van der Waals surface area contributed by atoms with Crippen molar-refractivity contribution in [2.45, 2.75) is 59.9 Å². The van der Waals surface area contributed by atoms with Crippen LogP contribution in [0.2, 0.25) is 19.6 Å². The highest BCUT2D eigenvalue weighted by Gasteiger charge is 2.29. The first-order chi connectivity index (χ1) is 11.4. The molecule has 144 valence electrons. The summed E-state index contributed by atoms with van der Waals surface area (Å²) in [6.07, 6.45) is 4.72. The third-order valence-corrected chi connectivity index (χ3v) is 5.76. The van der Waals surface area contributed by atoms with E-state index in [1.54, 1.807) is 6.08 Å². The Labute approximate surface area is 167 Å². The number of carbonyl (C=O) groups is 1. The summed E-state index contributed by atoms with van der Waals surface area (Å²) in [4.78, 5) is 11.1. The van der Waals surface area contributed by atoms with Crippen LogP contribution in [0.3, 0.4) is 0 Å². The van der Waals surface area contributed by atoms with Gasteiger partial charge >= 0.3 is 5.97 Å². The van der Waals surface area contributed by atoms with Crippen LogP contribution >= 0.6 is 22.6 Å². The summed E-state index contributed by atoms with van der Waals surface area (Å²) in [6, 6.07) is 0. The van der Waals surface area contributed by atoms with Crippen LogP contribution in [-0.2, 0) is 14.0 Å². The molecule has 3 atom stereocenters. The average molecular weight is 480 g/mol. The Morgan fingerprint density at radius 2 is 1.80 bits per heavy atom. The Bertz CT molecular complexity index is 532. The number of hydrogen-bond donors (Lipinski definition) is 1. The minimum Gasteiger partial charge on any atom is -0.490 e. The first-order valence-corrected chi connectivity index (χ1v) is 13.2. The minimum atomic E-state index is -1.70. The highest BCUT2D eigenvalue weighted by atomic mass is 127. The van der Waals surface area contributed by atoms with Crippen molar-refractivity contribution in [3.05, 3.63) is 33.1 Å². The van der Waals surface area contributed by atoms with E-state index in [1.165, 1.54) is 12.7 Å². The number of aliphatic carboxylic acids is 1. The molecule has 0 heterocycles. The van der Waals surface area contributed by atoms with Crippen molar-refractivity contribution in [2.75, 3.05) is 7.11 Å². The van der Waals surface area contributed by atoms with E-state index in [1.807, 2.05) is 6.92 Å². The Balaban J connectivity index is 5.49. The lowest BCUT2D eigenvalue weighted by Gasteiger charge is -2.34. The molecule has 4 nitrogen and oxygen atoms in total. The molecule has 0 aliphatic carbocycles. The summed E-state index contributed by atoms with van der Waals surface area (Å²) < 4.78 is 13.5. The van der Waals surface area contributed by atoms with Crippen LogP contribution in [0.1, 0.15) is 34.1 Å². The summed E-state index contributed by atoms with van der Waals surface area (Å²) in [7, 11) is -0.330. The number of methoxy groups -OCH3 is 1. The largest absolute Gasteiger partial charge is 0.490 e. The molecule has 0 aliphatic heterocycles. The van der Waals surface area contributed by atoms with Crippen LogP contribution in [0, 0.1) is 11.8 Å². The normalized spacial score (nSPS) is 17.9. The molecular formula is C19H33IO4Si. The SMILES string of the molecule is CO/C(=C\C(C)=C\[C@@H](C)[C@@H](O[Si](C)(C)C)[C@@H](C)C/C(C)=C/I)C(=O)O. The number of allylic oxidation sites excluding steroid dienone is 3. The van der Waals surface area contributed by atoms with Crippen molar-refractivity contribution in [1.82, 2.24) is 0 Å². The van der Waals surface area contributed by atoms with Gasteiger partial charge in [-0.15, -0.1) is 0 Å². The van der Waals surface area contributed by atoms with E-state index in [4.69, 9.17) is 14.3 Å². The van der Waals surface area contributed by atoms with Gasteiger partial charge in [0, 0.05) is 0 Å². The lowest BCUT2D eigenvalue weighted by atomic mass is 9.88. The van der Waals surface area contributed by atoms with Gasteiger partial charge in [0.25, 0.3) is 0 Å². The fraction of sp³-hybridized carbons (Fsp3) is 0.632. The minimum absolute atomic E-state index is 0.0552. The van der Waals surface area contributed by atoms with Crippen LogP contribution < -0.4 is 0 Å². The molecule has 0 bridgehead atoms. The zero-order valence-electron chi connectivity index (χ0n) is 16.7. The molecular weight excluding hydrogens is 447 g/mol. The second-order valence-electron chi connectivity index (χ2n) is 7.62. The highest BCUT2D eigenvalue weighted by molar-refractivity contribution is 14.1. The van der Waals surface area contributed by atoms with Crippen LogP contribution in [0.4, 0.5) is 0 Å². The van der Waals surface area contributed by atoms with Gasteiger partial charge in [-0.1, -0.05) is 53.7 Å². The molecule has 25 heavy (non-hydrogen) atoms. The number of rotatable bonds is 10. The van der Waals surface area contributed by atoms with E-state index in [0.29, 0.717) is 5.92 Å². The van der Waals surface area contributed by atoms with Gasteiger partial charge in [0.1, 0.15) is 0 Å². The summed E-state index contributed by atoms with van der Waals surface area (Å²) in [5.41, 5.74) is 2.21. The van der Waals surface area contributed by atoms with Crippen LogP contribution in [0.25, 0.3) is 0 Å². The number of hydrogen-bond acceptors (Lipinski definition) is 3. The van der Waals surface area contributed by atoms with Gasteiger partial charge in [-0.2, -0.15) is 0 Å². The maximum atomic E-state index is 11.1. The molecule has 1 N–H and O–H groups in total. The van der Waals surface area contributed by atoms with Gasteiger partial charge < -0.3 is 14.3 Å². The molecule has 6 heteroatoms. The molecule has 0 amide bonds. The van der Waals surface area contributed by atoms with Crippen LogP contribution in [0.5, 0.6) is 0 Å². The van der Waals surface area contributed by atoms with E-state index in [0.717, 1.165) is 12.0 Å². The van der Waals surface area contributed by atoms with Crippen LogP contribution in [0.15, 0.2) is 33.1 Å². The number of carboxylic acids is 1. The lowest BCUT2D eigenvalue weighted by Crippen LogP contribution is -2.39. The van der Waals surface area contributed by atoms with Crippen molar-refractivity contribution in [3.63, 3.8) is 0 Å². The topological polar surface area (TPSA) is 55.8 Å². The van der Waals surface area contributed by atoms with Crippen molar-refractivity contribution in [3.8, 4) is 0 Å². The average Bonchev–Trinajstić information content (AvgIpc) is 2.48.